The monoisotopic (exact) mass is 243 g/mol. The van der Waals surface area contributed by atoms with E-state index in [1.54, 1.807) is 12.4 Å². The van der Waals surface area contributed by atoms with Crippen LogP contribution in [0.3, 0.4) is 0 Å². The second-order valence-corrected chi connectivity index (χ2v) is 4.14. The third-order valence-corrected chi connectivity index (χ3v) is 2.61. The first kappa shape index (κ1) is 12.3. The normalized spacial score (nSPS) is 10.2. The first-order valence-electron chi connectivity index (χ1n) is 5.82. The molecule has 2 rings (SSSR count). The number of hydrogen-bond acceptors (Lipinski definition) is 5. The van der Waals surface area contributed by atoms with Crippen LogP contribution >= 0.6 is 0 Å². The molecule has 5 heteroatoms. The highest BCUT2D eigenvalue weighted by Crippen LogP contribution is 2.12. The number of nitrogens with one attached hydrogen (secondary N) is 1. The van der Waals surface area contributed by atoms with Gasteiger partial charge in [0, 0.05) is 19.8 Å². The van der Waals surface area contributed by atoms with Gasteiger partial charge in [-0.2, -0.15) is 0 Å². The van der Waals surface area contributed by atoms with Crippen molar-refractivity contribution in [1.29, 1.82) is 0 Å². The molecule has 0 unspecified atom stereocenters. The first-order chi connectivity index (χ1) is 8.69. The lowest BCUT2D eigenvalue weighted by Crippen LogP contribution is -2.19. The number of nitrogens with zero attached hydrogens (tertiary/aromatic N) is 4. The van der Waals surface area contributed by atoms with E-state index >= 15 is 0 Å². The van der Waals surface area contributed by atoms with Gasteiger partial charge < -0.3 is 10.2 Å². The fraction of sp³-hybridized carbons (Fsp3) is 0.308. The predicted octanol–water partition coefficient (Wildman–Crippen LogP) is 1.86. The Morgan fingerprint density at radius 3 is 2.78 bits per heavy atom. The Labute approximate surface area is 107 Å². The Kier molecular flexibility index (Phi) is 3.72. The van der Waals surface area contributed by atoms with Crippen LogP contribution in [0.25, 0.3) is 0 Å². The van der Waals surface area contributed by atoms with Crippen LogP contribution in [0.1, 0.15) is 11.4 Å². The number of aryl methyl sites for hydroxylation is 1. The smallest absolute Gasteiger partial charge is 0.149 e. The Hall–Kier alpha value is -2.17. The molecule has 0 saturated heterocycles. The quantitative estimate of drug-likeness (QED) is 0.888. The lowest BCUT2D eigenvalue weighted by atomic mass is 10.3. The van der Waals surface area contributed by atoms with Gasteiger partial charge in [-0.1, -0.05) is 6.07 Å². The van der Waals surface area contributed by atoms with E-state index in [0.29, 0.717) is 6.54 Å². The van der Waals surface area contributed by atoms with E-state index in [9.17, 15) is 0 Å². The molecule has 94 valence electrons. The number of aromatic nitrogens is 3. The molecule has 2 aromatic heterocycles. The van der Waals surface area contributed by atoms with Crippen LogP contribution in [0.4, 0.5) is 11.6 Å². The number of hydrogen-bond donors (Lipinski definition) is 1. The van der Waals surface area contributed by atoms with E-state index in [-0.39, 0.29) is 0 Å². The van der Waals surface area contributed by atoms with E-state index in [1.165, 1.54) is 0 Å². The second kappa shape index (κ2) is 5.44. The van der Waals surface area contributed by atoms with Crippen LogP contribution in [-0.4, -0.2) is 29.0 Å². The van der Waals surface area contributed by atoms with E-state index in [4.69, 9.17) is 0 Å². The first-order valence-corrected chi connectivity index (χ1v) is 5.82. The van der Waals surface area contributed by atoms with Crippen LogP contribution in [0.5, 0.6) is 0 Å². The molecule has 0 fully saturated rings. The van der Waals surface area contributed by atoms with E-state index in [2.05, 4.69) is 20.3 Å². The van der Waals surface area contributed by atoms with Gasteiger partial charge in [0.05, 0.1) is 24.6 Å². The molecule has 0 aliphatic carbocycles. The minimum Gasteiger partial charge on any atom is -0.372 e. The molecule has 0 spiro atoms. The molecule has 2 heterocycles. The Morgan fingerprint density at radius 1 is 1.22 bits per heavy atom. The number of rotatable bonds is 4. The van der Waals surface area contributed by atoms with Gasteiger partial charge in [-0.25, -0.2) is 4.98 Å². The van der Waals surface area contributed by atoms with Crippen molar-refractivity contribution < 1.29 is 0 Å². The molecule has 0 bridgehead atoms. The molecule has 1 N–H and O–H groups in total. The molecule has 0 aliphatic heterocycles. The summed E-state index contributed by atoms with van der Waals surface area (Å²) in [5.41, 5.74) is 2.05. The lowest BCUT2D eigenvalue weighted by Gasteiger charge is -2.17. The largest absolute Gasteiger partial charge is 0.372 e. The molecule has 0 aromatic carbocycles. The SMILES string of the molecule is CNc1cncc(N(C)Cc2cccc(C)n2)n1. The van der Waals surface area contributed by atoms with Gasteiger partial charge in [-0.3, -0.25) is 9.97 Å². The molecular weight excluding hydrogens is 226 g/mol. The highest BCUT2D eigenvalue weighted by molar-refractivity contribution is 5.43. The van der Waals surface area contributed by atoms with Gasteiger partial charge in [0.25, 0.3) is 0 Å². The molecule has 18 heavy (non-hydrogen) atoms. The highest BCUT2D eigenvalue weighted by Gasteiger charge is 2.05. The summed E-state index contributed by atoms with van der Waals surface area (Å²) in [6, 6.07) is 6.02. The van der Waals surface area contributed by atoms with Crippen LogP contribution in [0, 0.1) is 6.92 Å². The van der Waals surface area contributed by atoms with Crippen molar-refractivity contribution in [2.24, 2.45) is 0 Å². The van der Waals surface area contributed by atoms with Gasteiger partial charge in [-0.05, 0) is 19.1 Å². The topological polar surface area (TPSA) is 53.9 Å². The summed E-state index contributed by atoms with van der Waals surface area (Å²) in [5.74, 6) is 1.58. The maximum atomic E-state index is 4.48. The van der Waals surface area contributed by atoms with Crippen molar-refractivity contribution >= 4 is 11.6 Å². The molecule has 0 atom stereocenters. The van der Waals surface area contributed by atoms with Crippen molar-refractivity contribution in [2.75, 3.05) is 24.3 Å². The average molecular weight is 243 g/mol. The second-order valence-electron chi connectivity index (χ2n) is 4.14. The fourth-order valence-electron chi connectivity index (χ4n) is 1.67. The van der Waals surface area contributed by atoms with Crippen LogP contribution in [-0.2, 0) is 6.54 Å². The summed E-state index contributed by atoms with van der Waals surface area (Å²) < 4.78 is 0. The third-order valence-electron chi connectivity index (χ3n) is 2.61. The van der Waals surface area contributed by atoms with Gasteiger partial charge >= 0.3 is 0 Å². The van der Waals surface area contributed by atoms with Crippen molar-refractivity contribution in [3.63, 3.8) is 0 Å². The zero-order valence-electron chi connectivity index (χ0n) is 10.9. The Balaban J connectivity index is 2.13. The molecule has 0 saturated carbocycles. The minimum absolute atomic E-state index is 0.712. The van der Waals surface area contributed by atoms with E-state index in [1.807, 2.05) is 44.1 Å². The fourth-order valence-corrected chi connectivity index (χ4v) is 1.67. The van der Waals surface area contributed by atoms with Crippen molar-refractivity contribution in [1.82, 2.24) is 15.0 Å². The standard InChI is InChI=1S/C13H17N5/c1-10-5-4-6-11(16-10)9-18(3)13-8-15-7-12(14-2)17-13/h4-8H,9H2,1-3H3,(H,14,17). The summed E-state index contributed by atoms with van der Waals surface area (Å²) in [5, 5.41) is 2.98. The third kappa shape index (κ3) is 2.94. The Bertz CT molecular complexity index is 526. The number of anilines is 2. The van der Waals surface area contributed by atoms with Gasteiger partial charge in [0.2, 0.25) is 0 Å². The van der Waals surface area contributed by atoms with Gasteiger partial charge in [-0.15, -0.1) is 0 Å². The van der Waals surface area contributed by atoms with Crippen LogP contribution < -0.4 is 10.2 Å². The highest BCUT2D eigenvalue weighted by atomic mass is 15.2. The van der Waals surface area contributed by atoms with Gasteiger partial charge in [0.1, 0.15) is 11.6 Å². The molecule has 5 nitrogen and oxygen atoms in total. The zero-order chi connectivity index (χ0) is 13.0. The molecular formula is C13H17N5. The maximum absolute atomic E-state index is 4.48. The van der Waals surface area contributed by atoms with Crippen molar-refractivity contribution in [2.45, 2.75) is 13.5 Å². The Morgan fingerprint density at radius 2 is 2.06 bits per heavy atom. The van der Waals surface area contributed by atoms with Crippen LogP contribution in [0.2, 0.25) is 0 Å². The van der Waals surface area contributed by atoms with Gasteiger partial charge in [0.15, 0.2) is 0 Å². The maximum Gasteiger partial charge on any atom is 0.149 e. The molecule has 2 aromatic rings. The van der Waals surface area contributed by atoms with Crippen LogP contribution in [0.15, 0.2) is 30.6 Å². The van der Waals surface area contributed by atoms with E-state index in [0.717, 1.165) is 23.0 Å². The summed E-state index contributed by atoms with van der Waals surface area (Å²) in [6.45, 7) is 2.70. The van der Waals surface area contributed by atoms with Crippen molar-refractivity contribution in [3.05, 3.63) is 42.0 Å². The molecule has 0 amide bonds. The summed E-state index contributed by atoms with van der Waals surface area (Å²) >= 11 is 0. The lowest BCUT2D eigenvalue weighted by molar-refractivity contribution is 0.854. The molecule has 0 aliphatic rings. The predicted molar refractivity (Wildman–Crippen MR) is 72.7 cm³/mol. The zero-order valence-corrected chi connectivity index (χ0v) is 10.9. The summed E-state index contributed by atoms with van der Waals surface area (Å²) in [7, 11) is 3.81. The molecule has 0 radical (unpaired) electrons. The minimum atomic E-state index is 0.712. The van der Waals surface area contributed by atoms with E-state index < -0.39 is 0 Å². The van der Waals surface area contributed by atoms with Crippen molar-refractivity contribution in [3.8, 4) is 0 Å². The summed E-state index contributed by atoms with van der Waals surface area (Å²) in [4.78, 5) is 15.1. The number of pyridine rings is 1. The summed E-state index contributed by atoms with van der Waals surface area (Å²) in [6.07, 6.45) is 3.44. The average Bonchev–Trinajstić information content (AvgIpc) is 2.39.